The maximum atomic E-state index is 11.7. The Morgan fingerprint density at radius 2 is 2.29 bits per heavy atom. The van der Waals surface area contributed by atoms with Gasteiger partial charge in [0.1, 0.15) is 11.3 Å². The third-order valence-corrected chi connectivity index (χ3v) is 3.75. The largest absolute Gasteiger partial charge is 0.491 e. The molecule has 4 rings (SSSR count). The van der Waals surface area contributed by atoms with E-state index < -0.39 is 13.1 Å². The Hall–Kier alpha value is -2.91. The van der Waals surface area contributed by atoms with Crippen molar-refractivity contribution in [1.82, 2.24) is 14.6 Å². The monoisotopic (exact) mass is 325 g/mol. The highest BCUT2D eigenvalue weighted by Gasteiger charge is 2.27. The molecule has 0 saturated carbocycles. The summed E-state index contributed by atoms with van der Waals surface area (Å²) in [6, 6.07) is 6.90. The molecule has 24 heavy (non-hydrogen) atoms. The van der Waals surface area contributed by atoms with Crippen LogP contribution in [-0.2, 0) is 16.0 Å². The van der Waals surface area contributed by atoms with E-state index in [1.54, 1.807) is 30.5 Å². The number of benzene rings is 1. The van der Waals surface area contributed by atoms with Crippen molar-refractivity contribution < 1.29 is 23.9 Å². The van der Waals surface area contributed by atoms with Crippen molar-refractivity contribution in [3.8, 4) is 11.6 Å². The fourth-order valence-electron chi connectivity index (χ4n) is 2.55. The van der Waals surface area contributed by atoms with E-state index in [4.69, 9.17) is 14.1 Å². The van der Waals surface area contributed by atoms with Gasteiger partial charge in [0.25, 0.3) is 0 Å². The molecular formula is C15H12BN3O5. The molecule has 0 atom stereocenters. The second-order valence-corrected chi connectivity index (χ2v) is 5.21. The lowest BCUT2D eigenvalue weighted by atomic mass is 9.80. The smallest absolute Gasteiger partial charge is 0.465 e. The number of fused-ring (bicyclic) bond motifs is 2. The fraction of sp³-hybridized carbons (Fsp3) is 0.133. The van der Waals surface area contributed by atoms with Crippen LogP contribution in [0.25, 0.3) is 5.65 Å². The first-order chi connectivity index (χ1) is 11.7. The minimum Gasteiger partial charge on any atom is -0.465 e. The highest BCUT2D eigenvalue weighted by Crippen LogP contribution is 2.23. The standard InChI is InChI=1S/C15H12BN3O5/c1-22-15(20)11-7-17-19-5-4-13(18-14(11)19)24-10-2-3-12-9(6-10)8-23-16(12)21/h2-7,21H,8H2,1H3. The van der Waals surface area contributed by atoms with Gasteiger partial charge in [0.05, 0.1) is 19.9 Å². The Labute approximate surface area is 136 Å². The Kier molecular flexibility index (Phi) is 3.44. The summed E-state index contributed by atoms with van der Waals surface area (Å²) in [5.74, 6) is 0.355. The van der Waals surface area contributed by atoms with E-state index in [0.29, 0.717) is 23.9 Å². The molecule has 8 nitrogen and oxygen atoms in total. The minimum absolute atomic E-state index is 0.258. The first kappa shape index (κ1) is 14.7. The zero-order valence-corrected chi connectivity index (χ0v) is 12.7. The van der Waals surface area contributed by atoms with Crippen molar-refractivity contribution in [2.45, 2.75) is 6.61 Å². The molecule has 0 fully saturated rings. The Morgan fingerprint density at radius 1 is 1.42 bits per heavy atom. The van der Waals surface area contributed by atoms with E-state index >= 15 is 0 Å². The van der Waals surface area contributed by atoms with Crippen LogP contribution in [0.2, 0.25) is 0 Å². The van der Waals surface area contributed by atoms with Gasteiger partial charge in [-0.15, -0.1) is 0 Å². The van der Waals surface area contributed by atoms with Crippen molar-refractivity contribution in [3.05, 3.63) is 47.8 Å². The Balaban J connectivity index is 1.66. The molecule has 0 bridgehead atoms. The van der Waals surface area contributed by atoms with E-state index in [1.165, 1.54) is 17.8 Å². The summed E-state index contributed by atoms with van der Waals surface area (Å²) in [7, 11) is 0.408. The van der Waals surface area contributed by atoms with Crippen LogP contribution in [0.5, 0.6) is 11.6 Å². The molecular weight excluding hydrogens is 313 g/mol. The molecule has 1 aliphatic rings. The summed E-state index contributed by atoms with van der Waals surface area (Å²) in [5.41, 5.74) is 2.20. The summed E-state index contributed by atoms with van der Waals surface area (Å²) in [5, 5.41) is 13.7. The molecule has 0 aliphatic carbocycles. The van der Waals surface area contributed by atoms with Gasteiger partial charge in [-0.1, -0.05) is 6.07 Å². The number of nitrogens with zero attached hydrogens (tertiary/aromatic N) is 3. The van der Waals surface area contributed by atoms with Gasteiger partial charge in [-0.2, -0.15) is 10.1 Å². The number of hydrogen-bond acceptors (Lipinski definition) is 7. The van der Waals surface area contributed by atoms with Gasteiger partial charge in [-0.25, -0.2) is 9.31 Å². The predicted molar refractivity (Wildman–Crippen MR) is 83.2 cm³/mol. The summed E-state index contributed by atoms with van der Waals surface area (Å²) in [6.45, 7) is 0.329. The van der Waals surface area contributed by atoms with E-state index in [0.717, 1.165) is 11.0 Å². The molecule has 0 unspecified atom stereocenters. The number of aromatic nitrogens is 3. The third kappa shape index (κ3) is 2.39. The van der Waals surface area contributed by atoms with Crippen molar-refractivity contribution >= 4 is 24.2 Å². The summed E-state index contributed by atoms with van der Waals surface area (Å²) >= 11 is 0. The van der Waals surface area contributed by atoms with Crippen LogP contribution in [-0.4, -0.2) is 39.8 Å². The number of hydrogen-bond donors (Lipinski definition) is 1. The second-order valence-electron chi connectivity index (χ2n) is 5.21. The second kappa shape index (κ2) is 5.62. The van der Waals surface area contributed by atoms with E-state index in [2.05, 4.69) is 10.1 Å². The summed E-state index contributed by atoms with van der Waals surface area (Å²) in [6.07, 6.45) is 3.04. The van der Waals surface area contributed by atoms with E-state index in [9.17, 15) is 9.82 Å². The van der Waals surface area contributed by atoms with Gasteiger partial charge in [0.15, 0.2) is 5.65 Å². The molecule has 1 N–H and O–H groups in total. The lowest BCUT2D eigenvalue weighted by molar-refractivity contribution is 0.0602. The first-order valence-corrected chi connectivity index (χ1v) is 7.19. The highest BCUT2D eigenvalue weighted by molar-refractivity contribution is 6.61. The molecule has 1 aromatic carbocycles. The van der Waals surface area contributed by atoms with Gasteiger partial charge in [0.2, 0.25) is 5.88 Å². The zero-order valence-electron chi connectivity index (χ0n) is 12.7. The molecule has 2 aromatic heterocycles. The molecule has 0 amide bonds. The maximum Gasteiger partial charge on any atom is 0.491 e. The minimum atomic E-state index is -0.891. The van der Waals surface area contributed by atoms with Crippen molar-refractivity contribution in [3.63, 3.8) is 0 Å². The Morgan fingerprint density at radius 3 is 3.12 bits per heavy atom. The van der Waals surface area contributed by atoms with Gasteiger partial charge in [-0.3, -0.25) is 0 Å². The normalized spacial score (nSPS) is 13.2. The summed E-state index contributed by atoms with van der Waals surface area (Å²) < 4.78 is 17.1. The van der Waals surface area contributed by atoms with E-state index in [1.807, 2.05) is 0 Å². The lowest BCUT2D eigenvalue weighted by Gasteiger charge is -2.07. The number of carbonyl (C=O) groups is 1. The van der Waals surface area contributed by atoms with Crippen LogP contribution in [0.4, 0.5) is 0 Å². The van der Waals surface area contributed by atoms with Crippen LogP contribution >= 0.6 is 0 Å². The number of esters is 1. The SMILES string of the molecule is COC(=O)c1cnn2ccc(Oc3ccc4c(c3)COB4O)nc12. The molecule has 0 saturated heterocycles. The molecule has 3 heterocycles. The van der Waals surface area contributed by atoms with Crippen molar-refractivity contribution in [2.24, 2.45) is 0 Å². The van der Waals surface area contributed by atoms with Crippen LogP contribution in [0.1, 0.15) is 15.9 Å². The Bertz CT molecular complexity index is 942. The topological polar surface area (TPSA) is 95.2 Å². The average molecular weight is 325 g/mol. The van der Waals surface area contributed by atoms with Crippen molar-refractivity contribution in [2.75, 3.05) is 7.11 Å². The molecule has 0 spiro atoms. The van der Waals surface area contributed by atoms with Crippen LogP contribution < -0.4 is 10.2 Å². The quantitative estimate of drug-likeness (QED) is 0.554. The average Bonchev–Trinajstić information content (AvgIpc) is 3.18. The molecule has 3 aromatic rings. The van der Waals surface area contributed by atoms with Crippen molar-refractivity contribution in [1.29, 1.82) is 0 Å². The molecule has 0 radical (unpaired) electrons. The number of carbonyl (C=O) groups excluding carboxylic acids is 1. The maximum absolute atomic E-state index is 11.7. The number of ether oxygens (including phenoxy) is 2. The fourth-order valence-corrected chi connectivity index (χ4v) is 2.55. The van der Waals surface area contributed by atoms with Crippen LogP contribution in [0.3, 0.4) is 0 Å². The first-order valence-electron chi connectivity index (χ1n) is 7.19. The van der Waals surface area contributed by atoms with Crippen LogP contribution in [0.15, 0.2) is 36.7 Å². The van der Waals surface area contributed by atoms with Crippen LogP contribution in [0, 0.1) is 0 Å². The third-order valence-electron chi connectivity index (χ3n) is 3.75. The van der Waals surface area contributed by atoms with Gasteiger partial charge in [0, 0.05) is 12.3 Å². The van der Waals surface area contributed by atoms with E-state index in [-0.39, 0.29) is 5.56 Å². The lowest BCUT2D eigenvalue weighted by Crippen LogP contribution is -2.27. The highest BCUT2D eigenvalue weighted by atomic mass is 16.5. The zero-order chi connectivity index (χ0) is 16.7. The number of methoxy groups -OCH3 is 1. The van der Waals surface area contributed by atoms with Gasteiger partial charge < -0.3 is 19.2 Å². The number of rotatable bonds is 3. The van der Waals surface area contributed by atoms with Gasteiger partial charge in [-0.05, 0) is 23.2 Å². The summed E-state index contributed by atoms with van der Waals surface area (Å²) in [4.78, 5) is 16.0. The van der Waals surface area contributed by atoms with Gasteiger partial charge >= 0.3 is 13.1 Å². The molecule has 1 aliphatic heterocycles. The molecule has 120 valence electrons. The predicted octanol–water partition coefficient (Wildman–Crippen LogP) is 0.526. The molecule has 9 heteroatoms.